The predicted molar refractivity (Wildman–Crippen MR) is 74.2 cm³/mol. The molecule has 0 fully saturated rings. The van der Waals surface area contributed by atoms with Crippen LogP contribution in [0.3, 0.4) is 0 Å². The van der Waals surface area contributed by atoms with Gasteiger partial charge in [-0.2, -0.15) is 11.3 Å². The summed E-state index contributed by atoms with van der Waals surface area (Å²) in [5.41, 5.74) is 9.93. The van der Waals surface area contributed by atoms with E-state index in [2.05, 4.69) is 60.1 Å². The van der Waals surface area contributed by atoms with Crippen molar-refractivity contribution in [3.8, 4) is 0 Å². The van der Waals surface area contributed by atoms with Crippen molar-refractivity contribution in [1.82, 2.24) is 4.90 Å². The van der Waals surface area contributed by atoms with Crippen LogP contribution in [0, 0.1) is 0 Å². The van der Waals surface area contributed by atoms with Crippen molar-refractivity contribution in [2.24, 2.45) is 5.73 Å². The molecule has 2 N–H and O–H groups in total. The minimum atomic E-state index is -0.0108. The summed E-state index contributed by atoms with van der Waals surface area (Å²) in [6, 6.07) is 10.6. The lowest BCUT2D eigenvalue weighted by molar-refractivity contribution is 0.402. The maximum atomic E-state index is 6.25. The predicted octanol–water partition coefficient (Wildman–Crippen LogP) is 2.86. The first kappa shape index (κ1) is 12.3. The van der Waals surface area contributed by atoms with Crippen LogP contribution >= 0.6 is 11.3 Å². The van der Waals surface area contributed by atoms with Gasteiger partial charge in [-0.3, -0.25) is 0 Å². The fraction of sp³-hybridized carbons (Fsp3) is 0.286. The summed E-state index contributed by atoms with van der Waals surface area (Å²) < 4.78 is 0. The summed E-state index contributed by atoms with van der Waals surface area (Å²) in [5.74, 6) is 0. The molecule has 17 heavy (non-hydrogen) atoms. The highest BCUT2D eigenvalue weighted by Crippen LogP contribution is 2.22. The molecule has 0 saturated heterocycles. The molecule has 2 rings (SSSR count). The Morgan fingerprint density at radius 3 is 2.71 bits per heavy atom. The maximum Gasteiger partial charge on any atom is 0.0559 e. The fourth-order valence-electron chi connectivity index (χ4n) is 1.89. The topological polar surface area (TPSA) is 29.3 Å². The average molecular weight is 246 g/mol. The molecule has 3 heteroatoms. The molecule has 1 aromatic carbocycles. The van der Waals surface area contributed by atoms with Gasteiger partial charge in [-0.1, -0.05) is 24.3 Å². The van der Waals surface area contributed by atoms with E-state index in [0.717, 1.165) is 6.54 Å². The van der Waals surface area contributed by atoms with E-state index in [1.807, 2.05) is 0 Å². The van der Waals surface area contributed by atoms with Gasteiger partial charge in [0.15, 0.2) is 0 Å². The normalized spacial score (nSPS) is 12.9. The van der Waals surface area contributed by atoms with Crippen molar-refractivity contribution in [2.75, 3.05) is 14.1 Å². The lowest BCUT2D eigenvalue weighted by atomic mass is 10.00. The van der Waals surface area contributed by atoms with Crippen LogP contribution in [0.25, 0.3) is 0 Å². The minimum Gasteiger partial charge on any atom is -0.320 e. The SMILES string of the molecule is CN(C)Cc1cccc(C(N)c2ccsc2)c1. The molecule has 0 aliphatic rings. The highest BCUT2D eigenvalue weighted by atomic mass is 32.1. The molecule has 0 radical (unpaired) electrons. The highest BCUT2D eigenvalue weighted by Gasteiger charge is 2.09. The Bertz CT molecular complexity index is 463. The monoisotopic (exact) mass is 246 g/mol. The second-order valence-corrected chi connectivity index (χ2v) is 5.30. The Balaban J connectivity index is 2.21. The van der Waals surface area contributed by atoms with Crippen LogP contribution in [0.2, 0.25) is 0 Å². The molecular weight excluding hydrogens is 228 g/mol. The molecule has 0 aliphatic carbocycles. The fourth-order valence-corrected chi connectivity index (χ4v) is 2.59. The summed E-state index contributed by atoms with van der Waals surface area (Å²) in [5, 5.41) is 4.18. The van der Waals surface area contributed by atoms with E-state index in [-0.39, 0.29) is 6.04 Å². The highest BCUT2D eigenvalue weighted by molar-refractivity contribution is 7.08. The van der Waals surface area contributed by atoms with Crippen molar-refractivity contribution in [1.29, 1.82) is 0 Å². The average Bonchev–Trinajstić information content (AvgIpc) is 2.81. The molecule has 0 aliphatic heterocycles. The molecule has 0 amide bonds. The van der Waals surface area contributed by atoms with Crippen LogP contribution in [0.5, 0.6) is 0 Å². The Labute approximate surface area is 107 Å². The third-order valence-corrected chi connectivity index (χ3v) is 3.41. The standard InChI is InChI=1S/C14H18N2S/c1-16(2)9-11-4-3-5-12(8-11)14(15)13-6-7-17-10-13/h3-8,10,14H,9,15H2,1-2H3. The molecule has 2 aromatic rings. The van der Waals surface area contributed by atoms with E-state index < -0.39 is 0 Å². The second kappa shape index (κ2) is 5.45. The van der Waals surface area contributed by atoms with Crippen molar-refractivity contribution >= 4 is 11.3 Å². The van der Waals surface area contributed by atoms with Gasteiger partial charge in [-0.15, -0.1) is 0 Å². The van der Waals surface area contributed by atoms with E-state index in [0.29, 0.717) is 0 Å². The minimum absolute atomic E-state index is 0.0108. The zero-order chi connectivity index (χ0) is 12.3. The van der Waals surface area contributed by atoms with Crippen molar-refractivity contribution in [2.45, 2.75) is 12.6 Å². The third kappa shape index (κ3) is 3.16. The van der Waals surface area contributed by atoms with Gasteiger partial charge in [-0.25, -0.2) is 0 Å². The Kier molecular flexibility index (Phi) is 3.94. The molecule has 2 nitrogen and oxygen atoms in total. The van der Waals surface area contributed by atoms with Gasteiger partial charge in [0.05, 0.1) is 6.04 Å². The molecular formula is C14H18N2S. The summed E-state index contributed by atoms with van der Waals surface area (Å²) in [7, 11) is 4.15. The molecule has 90 valence electrons. The summed E-state index contributed by atoms with van der Waals surface area (Å²) >= 11 is 1.69. The van der Waals surface area contributed by atoms with E-state index in [1.165, 1.54) is 16.7 Å². The molecule has 0 bridgehead atoms. The van der Waals surface area contributed by atoms with Crippen LogP contribution in [0.4, 0.5) is 0 Å². The number of thiophene rings is 1. The van der Waals surface area contributed by atoms with E-state index >= 15 is 0 Å². The van der Waals surface area contributed by atoms with Gasteiger partial charge >= 0.3 is 0 Å². The smallest absolute Gasteiger partial charge is 0.0559 e. The number of benzene rings is 1. The molecule has 1 unspecified atom stereocenters. The maximum absolute atomic E-state index is 6.25. The largest absolute Gasteiger partial charge is 0.320 e. The van der Waals surface area contributed by atoms with Gasteiger partial charge in [0.25, 0.3) is 0 Å². The summed E-state index contributed by atoms with van der Waals surface area (Å²) in [6.07, 6.45) is 0. The van der Waals surface area contributed by atoms with Gasteiger partial charge in [0.1, 0.15) is 0 Å². The first-order valence-electron chi connectivity index (χ1n) is 5.68. The molecule has 0 saturated carbocycles. The van der Waals surface area contributed by atoms with Gasteiger partial charge in [0.2, 0.25) is 0 Å². The Morgan fingerprint density at radius 2 is 2.06 bits per heavy atom. The molecule has 1 atom stereocenters. The van der Waals surface area contributed by atoms with Gasteiger partial charge in [-0.05, 0) is 47.6 Å². The zero-order valence-corrected chi connectivity index (χ0v) is 11.1. The van der Waals surface area contributed by atoms with E-state index in [1.54, 1.807) is 11.3 Å². The quantitative estimate of drug-likeness (QED) is 0.899. The van der Waals surface area contributed by atoms with Crippen LogP contribution in [-0.2, 0) is 6.54 Å². The second-order valence-electron chi connectivity index (χ2n) is 4.52. The number of hydrogen-bond acceptors (Lipinski definition) is 3. The Hall–Kier alpha value is -1.16. The van der Waals surface area contributed by atoms with Gasteiger partial charge < -0.3 is 10.6 Å². The van der Waals surface area contributed by atoms with Gasteiger partial charge in [0, 0.05) is 6.54 Å². The van der Waals surface area contributed by atoms with E-state index in [4.69, 9.17) is 5.73 Å². The Morgan fingerprint density at radius 1 is 1.24 bits per heavy atom. The molecule has 1 aromatic heterocycles. The number of rotatable bonds is 4. The van der Waals surface area contributed by atoms with Crippen LogP contribution in [0.15, 0.2) is 41.1 Å². The molecule has 0 spiro atoms. The lowest BCUT2D eigenvalue weighted by Crippen LogP contribution is -2.13. The number of hydrogen-bond donors (Lipinski definition) is 1. The van der Waals surface area contributed by atoms with Crippen LogP contribution in [-0.4, -0.2) is 19.0 Å². The van der Waals surface area contributed by atoms with E-state index in [9.17, 15) is 0 Å². The van der Waals surface area contributed by atoms with Crippen molar-refractivity contribution in [3.63, 3.8) is 0 Å². The third-order valence-electron chi connectivity index (χ3n) is 2.71. The van der Waals surface area contributed by atoms with Crippen LogP contribution in [0.1, 0.15) is 22.7 Å². The number of nitrogens with zero attached hydrogens (tertiary/aromatic N) is 1. The number of nitrogens with two attached hydrogens (primary N) is 1. The molecule has 1 heterocycles. The summed E-state index contributed by atoms with van der Waals surface area (Å²) in [6.45, 7) is 0.949. The first-order chi connectivity index (χ1) is 8.16. The van der Waals surface area contributed by atoms with Crippen molar-refractivity contribution in [3.05, 3.63) is 57.8 Å². The zero-order valence-electron chi connectivity index (χ0n) is 10.3. The first-order valence-corrected chi connectivity index (χ1v) is 6.62. The van der Waals surface area contributed by atoms with Crippen molar-refractivity contribution < 1.29 is 0 Å². The van der Waals surface area contributed by atoms with Crippen LogP contribution < -0.4 is 5.73 Å². The summed E-state index contributed by atoms with van der Waals surface area (Å²) in [4.78, 5) is 2.16. The lowest BCUT2D eigenvalue weighted by Gasteiger charge is -2.14.